The van der Waals surface area contributed by atoms with E-state index in [1.54, 1.807) is 17.9 Å². The number of fused-ring (bicyclic) bond motifs is 1. The van der Waals surface area contributed by atoms with Gasteiger partial charge in [-0.1, -0.05) is 18.2 Å². The number of carbonyl (C=O) groups excluding carboxylic acids is 1. The van der Waals surface area contributed by atoms with Gasteiger partial charge in [0.2, 0.25) is 0 Å². The number of amides is 1. The molecule has 2 aromatic rings. The van der Waals surface area contributed by atoms with Crippen LogP contribution in [0.1, 0.15) is 12.5 Å². The number of nitrogens with zero attached hydrogens (tertiary/aromatic N) is 2. The van der Waals surface area contributed by atoms with E-state index in [0.717, 1.165) is 5.56 Å². The van der Waals surface area contributed by atoms with Crippen LogP contribution in [0, 0.1) is 17.0 Å². The Morgan fingerprint density at radius 2 is 2.04 bits per heavy atom. The van der Waals surface area contributed by atoms with Crippen molar-refractivity contribution in [3.05, 3.63) is 58.1 Å². The van der Waals surface area contributed by atoms with Crippen LogP contribution in [0.15, 0.2) is 42.5 Å². The summed E-state index contributed by atoms with van der Waals surface area (Å²) in [5, 5.41) is 11.2. The lowest BCUT2D eigenvalue weighted by molar-refractivity contribution is -0.385. The summed E-state index contributed by atoms with van der Waals surface area (Å²) in [6.07, 6.45) is -0.299. The third kappa shape index (κ3) is 4.51. The van der Waals surface area contributed by atoms with Gasteiger partial charge >= 0.3 is 5.69 Å². The van der Waals surface area contributed by atoms with Crippen molar-refractivity contribution in [1.82, 2.24) is 4.90 Å². The molecule has 1 amide bonds. The molecule has 1 heterocycles. The van der Waals surface area contributed by atoms with E-state index in [-0.39, 0.29) is 30.1 Å². The molecule has 0 fully saturated rings. The maximum absolute atomic E-state index is 12.5. The molecule has 1 aliphatic heterocycles. The quantitative estimate of drug-likeness (QED) is 0.537. The highest BCUT2D eigenvalue weighted by molar-refractivity contribution is 5.78. The number of hydrogen-bond acceptors (Lipinski definition) is 6. The second-order valence-corrected chi connectivity index (χ2v) is 6.45. The number of nitro groups is 1. The van der Waals surface area contributed by atoms with E-state index in [4.69, 9.17) is 14.2 Å². The number of benzene rings is 2. The molecule has 8 nitrogen and oxygen atoms in total. The molecule has 8 heteroatoms. The van der Waals surface area contributed by atoms with Crippen LogP contribution in [0.3, 0.4) is 0 Å². The Morgan fingerprint density at radius 1 is 1.29 bits per heavy atom. The molecule has 3 rings (SSSR count). The van der Waals surface area contributed by atoms with Gasteiger partial charge in [-0.15, -0.1) is 0 Å². The smallest absolute Gasteiger partial charge is 0.311 e. The minimum Gasteiger partial charge on any atom is -0.486 e. The van der Waals surface area contributed by atoms with E-state index >= 15 is 0 Å². The first kappa shape index (κ1) is 19.5. The highest BCUT2D eigenvalue weighted by Gasteiger charge is 2.25. The Morgan fingerprint density at radius 3 is 2.75 bits per heavy atom. The highest BCUT2D eigenvalue weighted by atomic mass is 16.6. The summed E-state index contributed by atoms with van der Waals surface area (Å²) in [7, 11) is 0. The molecule has 0 aliphatic carbocycles. The van der Waals surface area contributed by atoms with Crippen LogP contribution in [0.5, 0.6) is 17.2 Å². The fourth-order valence-corrected chi connectivity index (χ4v) is 2.93. The summed E-state index contributed by atoms with van der Waals surface area (Å²) >= 11 is 0. The zero-order valence-corrected chi connectivity index (χ0v) is 15.8. The zero-order chi connectivity index (χ0) is 20.1. The van der Waals surface area contributed by atoms with Crippen molar-refractivity contribution in [2.45, 2.75) is 20.0 Å². The average molecular weight is 386 g/mol. The minimum atomic E-state index is -0.519. The summed E-state index contributed by atoms with van der Waals surface area (Å²) < 4.78 is 17.0. The fourth-order valence-electron chi connectivity index (χ4n) is 2.93. The van der Waals surface area contributed by atoms with Gasteiger partial charge in [0, 0.05) is 12.6 Å². The van der Waals surface area contributed by atoms with Gasteiger partial charge in [0.05, 0.1) is 11.5 Å². The molecule has 1 atom stereocenters. The van der Waals surface area contributed by atoms with Gasteiger partial charge in [0.1, 0.15) is 6.61 Å². The van der Waals surface area contributed by atoms with Crippen molar-refractivity contribution < 1.29 is 23.9 Å². The van der Waals surface area contributed by atoms with E-state index in [2.05, 4.69) is 0 Å². The number of nitro benzene ring substituents is 1. The molecule has 0 spiro atoms. The Bertz CT molecular complexity index is 870. The zero-order valence-electron chi connectivity index (χ0n) is 15.8. The Labute approximate surface area is 162 Å². The third-order valence-electron chi connectivity index (χ3n) is 4.39. The normalized spacial score (nSPS) is 15.0. The van der Waals surface area contributed by atoms with E-state index in [9.17, 15) is 14.9 Å². The molecule has 0 radical (unpaired) electrons. The number of likely N-dealkylation sites (N-methyl/N-ethyl adjacent to an activating group) is 1. The predicted molar refractivity (Wildman–Crippen MR) is 102 cm³/mol. The number of para-hydroxylation sites is 2. The SMILES string of the molecule is CCN(CC1COc2ccccc2O1)C(=O)COc1ccc(C)cc1[N+](=O)[O-]. The molecule has 1 unspecified atom stereocenters. The number of hydrogen-bond donors (Lipinski definition) is 0. The Kier molecular flexibility index (Phi) is 5.98. The van der Waals surface area contributed by atoms with Gasteiger partial charge in [-0.3, -0.25) is 14.9 Å². The van der Waals surface area contributed by atoms with Crippen molar-refractivity contribution in [2.24, 2.45) is 0 Å². The first-order chi connectivity index (χ1) is 13.5. The molecule has 2 aromatic carbocycles. The van der Waals surface area contributed by atoms with E-state index in [1.807, 2.05) is 31.2 Å². The van der Waals surface area contributed by atoms with Gasteiger partial charge in [0.25, 0.3) is 5.91 Å². The molecule has 0 N–H and O–H groups in total. The third-order valence-corrected chi connectivity index (χ3v) is 4.39. The summed E-state index contributed by atoms with van der Waals surface area (Å²) in [5.74, 6) is 1.13. The predicted octanol–water partition coefficient (Wildman–Crippen LogP) is 2.97. The largest absolute Gasteiger partial charge is 0.486 e. The van der Waals surface area contributed by atoms with Crippen LogP contribution in [0.25, 0.3) is 0 Å². The van der Waals surface area contributed by atoms with Gasteiger partial charge in [-0.2, -0.15) is 0 Å². The number of carbonyl (C=O) groups is 1. The van der Waals surface area contributed by atoms with E-state index < -0.39 is 4.92 Å². The van der Waals surface area contributed by atoms with E-state index in [1.165, 1.54) is 12.1 Å². The lowest BCUT2D eigenvalue weighted by Gasteiger charge is -2.30. The average Bonchev–Trinajstić information content (AvgIpc) is 2.70. The Balaban J connectivity index is 1.60. The van der Waals surface area contributed by atoms with Crippen LogP contribution < -0.4 is 14.2 Å². The molecule has 0 saturated heterocycles. The lowest BCUT2D eigenvalue weighted by atomic mass is 10.2. The monoisotopic (exact) mass is 386 g/mol. The maximum Gasteiger partial charge on any atom is 0.311 e. The molecule has 0 aromatic heterocycles. The molecule has 0 saturated carbocycles. The first-order valence-corrected chi connectivity index (χ1v) is 9.02. The highest BCUT2D eigenvalue weighted by Crippen LogP contribution is 2.31. The first-order valence-electron chi connectivity index (χ1n) is 9.02. The van der Waals surface area contributed by atoms with Crippen LogP contribution in [-0.4, -0.2) is 48.1 Å². The summed E-state index contributed by atoms with van der Waals surface area (Å²) in [6.45, 7) is 4.45. The number of rotatable bonds is 7. The molecule has 28 heavy (non-hydrogen) atoms. The Hall–Kier alpha value is -3.29. The summed E-state index contributed by atoms with van der Waals surface area (Å²) in [4.78, 5) is 24.8. The maximum atomic E-state index is 12.5. The molecular formula is C20H22N2O6. The molecular weight excluding hydrogens is 364 g/mol. The molecule has 0 bridgehead atoms. The van der Waals surface area contributed by atoms with E-state index in [0.29, 0.717) is 31.2 Å². The van der Waals surface area contributed by atoms with Crippen LogP contribution in [0.4, 0.5) is 5.69 Å². The molecule has 1 aliphatic rings. The van der Waals surface area contributed by atoms with Gasteiger partial charge in [-0.25, -0.2) is 0 Å². The van der Waals surface area contributed by atoms with Crippen molar-refractivity contribution in [1.29, 1.82) is 0 Å². The second kappa shape index (κ2) is 8.60. The number of ether oxygens (including phenoxy) is 3. The number of aryl methyl sites for hydroxylation is 1. The van der Waals surface area contributed by atoms with Gasteiger partial charge < -0.3 is 19.1 Å². The van der Waals surface area contributed by atoms with Crippen molar-refractivity contribution in [3.8, 4) is 17.2 Å². The minimum absolute atomic E-state index is 0.0752. The lowest BCUT2D eigenvalue weighted by Crippen LogP contribution is -2.45. The fraction of sp³-hybridized carbons (Fsp3) is 0.350. The standard InChI is InChI=1S/C20H22N2O6/c1-3-21(11-15-12-26-18-6-4-5-7-19(18)28-15)20(23)13-27-17-9-8-14(2)10-16(17)22(24)25/h4-10,15H,3,11-13H2,1-2H3. The summed E-state index contributed by atoms with van der Waals surface area (Å²) in [6, 6.07) is 12.0. The van der Waals surface area contributed by atoms with Crippen molar-refractivity contribution in [2.75, 3.05) is 26.3 Å². The second-order valence-electron chi connectivity index (χ2n) is 6.45. The van der Waals surface area contributed by atoms with Crippen LogP contribution in [0.2, 0.25) is 0 Å². The molecule has 148 valence electrons. The van der Waals surface area contributed by atoms with Crippen LogP contribution in [-0.2, 0) is 4.79 Å². The van der Waals surface area contributed by atoms with Crippen molar-refractivity contribution >= 4 is 11.6 Å². The summed E-state index contributed by atoms with van der Waals surface area (Å²) in [5.41, 5.74) is 0.590. The van der Waals surface area contributed by atoms with Gasteiger partial charge in [0.15, 0.2) is 30.0 Å². The topological polar surface area (TPSA) is 91.1 Å². The van der Waals surface area contributed by atoms with Gasteiger partial charge in [-0.05, 0) is 37.6 Å². The van der Waals surface area contributed by atoms with Crippen LogP contribution >= 0.6 is 0 Å². The van der Waals surface area contributed by atoms with Crippen molar-refractivity contribution in [3.63, 3.8) is 0 Å².